The molecule has 0 aliphatic heterocycles. The number of hydrazone groups is 1. The standard InChI is InChI=1S/C23H14Br2Cl2N2O3/c24-16-3-6-20-15(9-16)10-22(32-20)23(30)29-28-11-13-2-5-21(17(25)7-13)31-12-14-1-4-18(26)19(27)8-14/h1-11H,12H2,(H,29,30)/b28-11+. The van der Waals surface area contributed by atoms with E-state index in [0.717, 1.165) is 25.5 Å². The van der Waals surface area contributed by atoms with Gasteiger partial charge in [-0.2, -0.15) is 5.10 Å². The van der Waals surface area contributed by atoms with Crippen molar-refractivity contribution in [2.45, 2.75) is 6.61 Å². The number of ether oxygens (including phenoxy) is 1. The molecule has 1 amide bonds. The Morgan fingerprint density at radius 3 is 2.66 bits per heavy atom. The summed E-state index contributed by atoms with van der Waals surface area (Å²) < 4.78 is 13.0. The van der Waals surface area contributed by atoms with Gasteiger partial charge >= 0.3 is 5.91 Å². The fraction of sp³-hybridized carbons (Fsp3) is 0.0435. The van der Waals surface area contributed by atoms with Crippen LogP contribution in [0, 0.1) is 0 Å². The van der Waals surface area contributed by atoms with Crippen molar-refractivity contribution in [3.05, 3.63) is 96.5 Å². The number of fused-ring (bicyclic) bond motifs is 1. The van der Waals surface area contributed by atoms with Crippen molar-refractivity contribution in [2.75, 3.05) is 0 Å². The molecule has 4 rings (SSSR count). The third-order valence-electron chi connectivity index (χ3n) is 4.42. The van der Waals surface area contributed by atoms with E-state index < -0.39 is 5.91 Å². The Hall–Kier alpha value is -2.32. The highest BCUT2D eigenvalue weighted by Crippen LogP contribution is 2.28. The predicted molar refractivity (Wildman–Crippen MR) is 134 cm³/mol. The first kappa shape index (κ1) is 22.9. The van der Waals surface area contributed by atoms with Crippen molar-refractivity contribution in [1.82, 2.24) is 5.43 Å². The van der Waals surface area contributed by atoms with Gasteiger partial charge in [-0.3, -0.25) is 4.79 Å². The lowest BCUT2D eigenvalue weighted by molar-refractivity contribution is 0.0929. The van der Waals surface area contributed by atoms with Crippen LogP contribution in [-0.2, 0) is 6.61 Å². The Labute approximate surface area is 210 Å². The number of halogens is 4. The lowest BCUT2D eigenvalue weighted by Crippen LogP contribution is -2.16. The molecule has 162 valence electrons. The molecule has 0 spiro atoms. The molecule has 0 bridgehead atoms. The van der Waals surface area contributed by atoms with Crippen LogP contribution < -0.4 is 10.2 Å². The van der Waals surface area contributed by atoms with E-state index >= 15 is 0 Å². The van der Waals surface area contributed by atoms with E-state index in [1.54, 1.807) is 24.3 Å². The highest BCUT2D eigenvalue weighted by atomic mass is 79.9. The van der Waals surface area contributed by atoms with Crippen molar-refractivity contribution in [2.24, 2.45) is 5.10 Å². The zero-order valence-electron chi connectivity index (χ0n) is 16.2. The molecule has 32 heavy (non-hydrogen) atoms. The fourth-order valence-electron chi connectivity index (χ4n) is 2.85. The zero-order chi connectivity index (χ0) is 22.7. The van der Waals surface area contributed by atoms with Crippen LogP contribution >= 0.6 is 55.1 Å². The number of benzene rings is 3. The lowest BCUT2D eigenvalue weighted by Gasteiger charge is -2.09. The molecular weight excluding hydrogens is 583 g/mol. The maximum atomic E-state index is 12.3. The minimum atomic E-state index is -0.436. The smallest absolute Gasteiger partial charge is 0.307 e. The molecule has 5 nitrogen and oxygen atoms in total. The second-order valence-electron chi connectivity index (χ2n) is 6.72. The van der Waals surface area contributed by atoms with Crippen LogP contribution in [0.25, 0.3) is 11.0 Å². The third-order valence-corrected chi connectivity index (χ3v) is 6.27. The highest BCUT2D eigenvalue weighted by molar-refractivity contribution is 9.10. The second-order valence-corrected chi connectivity index (χ2v) is 9.30. The second kappa shape index (κ2) is 10.1. The largest absolute Gasteiger partial charge is 0.488 e. The minimum Gasteiger partial charge on any atom is -0.488 e. The summed E-state index contributed by atoms with van der Waals surface area (Å²) in [6, 6.07) is 18.0. The Morgan fingerprint density at radius 1 is 1.03 bits per heavy atom. The quantitative estimate of drug-likeness (QED) is 0.184. The Kier molecular flexibility index (Phi) is 7.20. The van der Waals surface area contributed by atoms with Crippen molar-refractivity contribution >= 4 is 78.2 Å². The molecule has 0 saturated heterocycles. The van der Waals surface area contributed by atoms with Crippen molar-refractivity contribution < 1.29 is 13.9 Å². The van der Waals surface area contributed by atoms with Gasteiger partial charge in [-0.15, -0.1) is 0 Å². The van der Waals surface area contributed by atoms with E-state index in [4.69, 9.17) is 32.4 Å². The van der Waals surface area contributed by atoms with Gasteiger partial charge in [0, 0.05) is 9.86 Å². The summed E-state index contributed by atoms with van der Waals surface area (Å²) in [7, 11) is 0. The van der Waals surface area contributed by atoms with Crippen LogP contribution in [0.4, 0.5) is 0 Å². The number of rotatable bonds is 6. The number of hydrogen-bond acceptors (Lipinski definition) is 4. The summed E-state index contributed by atoms with van der Waals surface area (Å²) in [6.07, 6.45) is 1.53. The van der Waals surface area contributed by atoms with Crippen molar-refractivity contribution in [3.63, 3.8) is 0 Å². The molecule has 0 saturated carbocycles. The van der Waals surface area contributed by atoms with Gasteiger partial charge in [-0.05, 0) is 81.7 Å². The molecule has 0 fully saturated rings. The van der Waals surface area contributed by atoms with Gasteiger partial charge in [-0.1, -0.05) is 45.2 Å². The van der Waals surface area contributed by atoms with Gasteiger partial charge < -0.3 is 9.15 Å². The SMILES string of the molecule is O=C(N/N=C/c1ccc(OCc2ccc(Cl)c(Cl)c2)c(Br)c1)c1cc2cc(Br)ccc2o1. The summed E-state index contributed by atoms with van der Waals surface area (Å²) in [5.74, 6) is 0.405. The summed E-state index contributed by atoms with van der Waals surface area (Å²) in [6.45, 7) is 0.340. The van der Waals surface area contributed by atoms with E-state index in [9.17, 15) is 4.79 Å². The molecule has 9 heteroatoms. The van der Waals surface area contributed by atoms with Gasteiger partial charge in [0.25, 0.3) is 0 Å². The molecule has 4 aromatic rings. The average Bonchev–Trinajstić information content (AvgIpc) is 3.19. The van der Waals surface area contributed by atoms with Crippen molar-refractivity contribution in [3.8, 4) is 5.75 Å². The summed E-state index contributed by atoms with van der Waals surface area (Å²) >= 11 is 18.9. The van der Waals surface area contributed by atoms with Gasteiger partial charge in [0.15, 0.2) is 5.76 Å². The van der Waals surface area contributed by atoms with E-state index in [2.05, 4.69) is 42.4 Å². The fourth-order valence-corrected chi connectivity index (χ4v) is 4.06. The number of nitrogens with zero attached hydrogens (tertiary/aromatic N) is 1. The van der Waals surface area contributed by atoms with Gasteiger partial charge in [-0.25, -0.2) is 5.43 Å². The Bertz CT molecular complexity index is 1340. The molecular formula is C23H14Br2Cl2N2O3. The van der Waals surface area contributed by atoms with Gasteiger partial charge in [0.2, 0.25) is 0 Å². The number of amides is 1. The van der Waals surface area contributed by atoms with E-state index in [-0.39, 0.29) is 5.76 Å². The Morgan fingerprint density at radius 2 is 1.88 bits per heavy atom. The van der Waals surface area contributed by atoms with E-state index in [1.807, 2.05) is 36.4 Å². The van der Waals surface area contributed by atoms with Crippen molar-refractivity contribution in [1.29, 1.82) is 0 Å². The number of hydrogen-bond donors (Lipinski definition) is 1. The molecule has 1 N–H and O–H groups in total. The lowest BCUT2D eigenvalue weighted by atomic mass is 10.2. The first-order chi connectivity index (χ1) is 15.4. The molecule has 1 heterocycles. The molecule has 1 aromatic heterocycles. The van der Waals surface area contributed by atoms with Crippen LogP contribution in [0.15, 0.2) is 79.1 Å². The van der Waals surface area contributed by atoms with Crippen LogP contribution in [0.3, 0.4) is 0 Å². The van der Waals surface area contributed by atoms with Crippen LogP contribution in [0.5, 0.6) is 5.75 Å². The van der Waals surface area contributed by atoms with E-state index in [0.29, 0.717) is 28.0 Å². The zero-order valence-corrected chi connectivity index (χ0v) is 20.9. The van der Waals surface area contributed by atoms with Gasteiger partial charge in [0.1, 0.15) is 17.9 Å². The molecule has 0 radical (unpaired) electrons. The maximum Gasteiger partial charge on any atom is 0.307 e. The molecule has 0 aliphatic carbocycles. The summed E-state index contributed by atoms with van der Waals surface area (Å²) in [4.78, 5) is 12.3. The molecule has 0 aliphatic rings. The van der Waals surface area contributed by atoms with Crippen LogP contribution in [0.1, 0.15) is 21.7 Å². The number of carbonyl (C=O) groups excluding carboxylic acids is 1. The van der Waals surface area contributed by atoms with Gasteiger partial charge in [0.05, 0.1) is 20.7 Å². The first-order valence-electron chi connectivity index (χ1n) is 9.28. The predicted octanol–water partition coefficient (Wildman–Crippen LogP) is 7.61. The molecule has 0 atom stereocenters. The van der Waals surface area contributed by atoms with Crippen LogP contribution in [-0.4, -0.2) is 12.1 Å². The number of nitrogens with one attached hydrogen (secondary N) is 1. The highest BCUT2D eigenvalue weighted by Gasteiger charge is 2.12. The first-order valence-corrected chi connectivity index (χ1v) is 11.6. The monoisotopic (exact) mass is 594 g/mol. The third kappa shape index (κ3) is 5.53. The number of furan rings is 1. The summed E-state index contributed by atoms with van der Waals surface area (Å²) in [5, 5.41) is 5.82. The number of carbonyl (C=O) groups is 1. The Balaban J connectivity index is 1.36. The van der Waals surface area contributed by atoms with Crippen LogP contribution in [0.2, 0.25) is 10.0 Å². The summed E-state index contributed by atoms with van der Waals surface area (Å²) in [5.41, 5.74) is 4.77. The average molecular weight is 597 g/mol. The van der Waals surface area contributed by atoms with E-state index in [1.165, 1.54) is 6.21 Å². The molecule has 3 aromatic carbocycles. The normalized spacial score (nSPS) is 11.2. The molecule has 0 unspecified atom stereocenters. The maximum absolute atomic E-state index is 12.3. The minimum absolute atomic E-state index is 0.183. The topological polar surface area (TPSA) is 63.8 Å².